The zero-order valence-electron chi connectivity index (χ0n) is 9.15. The van der Waals surface area contributed by atoms with Gasteiger partial charge in [0.05, 0.1) is 0 Å². The summed E-state index contributed by atoms with van der Waals surface area (Å²) in [5.74, 6) is 1.08. The Morgan fingerprint density at radius 1 is 1.44 bits per heavy atom. The fraction of sp³-hybridized carbons (Fsp3) is 0.250. The van der Waals surface area contributed by atoms with E-state index in [2.05, 4.69) is 42.9 Å². The molecule has 2 rings (SSSR count). The van der Waals surface area contributed by atoms with Crippen LogP contribution < -0.4 is 5.32 Å². The fourth-order valence-electron chi connectivity index (χ4n) is 1.62. The summed E-state index contributed by atoms with van der Waals surface area (Å²) in [5.41, 5.74) is 1.14. The van der Waals surface area contributed by atoms with Crippen LogP contribution in [0.15, 0.2) is 41.1 Å². The number of hydrogen-bond donors (Lipinski definition) is 1. The SMILES string of the molecule is CNCCc1nccn1-c1cccc(Br)c1. The number of imidazole rings is 1. The van der Waals surface area contributed by atoms with Crippen LogP contribution in [0, 0.1) is 0 Å². The molecule has 16 heavy (non-hydrogen) atoms. The first-order valence-electron chi connectivity index (χ1n) is 5.24. The molecule has 2 aromatic rings. The van der Waals surface area contributed by atoms with Crippen LogP contribution in [0.2, 0.25) is 0 Å². The molecule has 0 saturated heterocycles. The van der Waals surface area contributed by atoms with Gasteiger partial charge in [-0.05, 0) is 25.2 Å². The highest BCUT2D eigenvalue weighted by molar-refractivity contribution is 9.10. The number of likely N-dealkylation sites (N-methyl/N-ethyl adjacent to an activating group) is 1. The Balaban J connectivity index is 2.29. The molecule has 3 nitrogen and oxygen atoms in total. The smallest absolute Gasteiger partial charge is 0.114 e. The van der Waals surface area contributed by atoms with Crippen molar-refractivity contribution in [1.82, 2.24) is 14.9 Å². The molecule has 0 spiro atoms. The third-order valence-corrected chi connectivity index (χ3v) is 2.90. The Bertz CT molecular complexity index is 465. The molecule has 0 unspecified atom stereocenters. The lowest BCUT2D eigenvalue weighted by Crippen LogP contribution is -2.13. The Kier molecular flexibility index (Phi) is 3.74. The predicted octanol–water partition coefficient (Wildman–Crippen LogP) is 2.40. The van der Waals surface area contributed by atoms with Crippen LogP contribution in [0.3, 0.4) is 0 Å². The van der Waals surface area contributed by atoms with E-state index in [1.807, 2.05) is 31.6 Å². The van der Waals surface area contributed by atoms with Crippen molar-refractivity contribution in [3.63, 3.8) is 0 Å². The van der Waals surface area contributed by atoms with Gasteiger partial charge in [0, 0.05) is 35.5 Å². The van der Waals surface area contributed by atoms with Crippen molar-refractivity contribution in [2.45, 2.75) is 6.42 Å². The van der Waals surface area contributed by atoms with Crippen LogP contribution in [0.5, 0.6) is 0 Å². The predicted molar refractivity (Wildman–Crippen MR) is 68.9 cm³/mol. The Morgan fingerprint density at radius 2 is 2.31 bits per heavy atom. The van der Waals surface area contributed by atoms with Gasteiger partial charge in [0.2, 0.25) is 0 Å². The van der Waals surface area contributed by atoms with E-state index >= 15 is 0 Å². The van der Waals surface area contributed by atoms with Crippen LogP contribution in [0.1, 0.15) is 5.82 Å². The van der Waals surface area contributed by atoms with E-state index in [0.717, 1.165) is 29.0 Å². The summed E-state index contributed by atoms with van der Waals surface area (Å²) in [6.45, 7) is 0.936. The molecule has 1 aromatic carbocycles. The summed E-state index contributed by atoms with van der Waals surface area (Å²) in [4.78, 5) is 4.37. The minimum atomic E-state index is 0.927. The minimum absolute atomic E-state index is 0.927. The summed E-state index contributed by atoms with van der Waals surface area (Å²) in [6.07, 6.45) is 4.76. The molecule has 0 amide bonds. The minimum Gasteiger partial charge on any atom is -0.319 e. The quantitative estimate of drug-likeness (QED) is 0.932. The van der Waals surface area contributed by atoms with Crippen molar-refractivity contribution in [3.8, 4) is 5.69 Å². The van der Waals surface area contributed by atoms with Crippen LogP contribution in [-0.2, 0) is 6.42 Å². The standard InChI is InChI=1S/C12H14BrN3/c1-14-6-5-12-15-7-8-16(12)11-4-2-3-10(13)9-11/h2-4,7-9,14H,5-6H2,1H3. The normalized spacial score (nSPS) is 10.6. The Morgan fingerprint density at radius 3 is 3.06 bits per heavy atom. The molecule has 0 aliphatic heterocycles. The molecule has 0 saturated carbocycles. The maximum absolute atomic E-state index is 4.37. The number of nitrogens with zero attached hydrogens (tertiary/aromatic N) is 2. The molecule has 4 heteroatoms. The molecule has 0 fully saturated rings. The second-order valence-electron chi connectivity index (χ2n) is 3.55. The summed E-state index contributed by atoms with van der Waals surface area (Å²) >= 11 is 3.48. The number of halogens is 1. The molecule has 0 aliphatic carbocycles. The van der Waals surface area contributed by atoms with Crippen molar-refractivity contribution in [3.05, 3.63) is 47.0 Å². The molecular weight excluding hydrogens is 266 g/mol. The topological polar surface area (TPSA) is 29.9 Å². The summed E-state index contributed by atoms with van der Waals surface area (Å²) < 4.78 is 3.19. The van der Waals surface area contributed by atoms with E-state index in [1.165, 1.54) is 0 Å². The summed E-state index contributed by atoms with van der Waals surface area (Å²) in [5, 5.41) is 3.13. The number of rotatable bonds is 4. The van der Waals surface area contributed by atoms with Gasteiger partial charge < -0.3 is 9.88 Å². The Hall–Kier alpha value is -1.13. The van der Waals surface area contributed by atoms with Gasteiger partial charge >= 0.3 is 0 Å². The molecule has 0 radical (unpaired) electrons. The fourth-order valence-corrected chi connectivity index (χ4v) is 2.00. The van der Waals surface area contributed by atoms with Crippen molar-refractivity contribution in [2.24, 2.45) is 0 Å². The van der Waals surface area contributed by atoms with E-state index in [9.17, 15) is 0 Å². The monoisotopic (exact) mass is 279 g/mol. The van der Waals surface area contributed by atoms with Crippen molar-refractivity contribution < 1.29 is 0 Å². The average Bonchev–Trinajstić information content (AvgIpc) is 2.74. The van der Waals surface area contributed by atoms with E-state index in [4.69, 9.17) is 0 Å². The molecule has 1 N–H and O–H groups in total. The number of nitrogens with one attached hydrogen (secondary N) is 1. The first-order valence-corrected chi connectivity index (χ1v) is 6.03. The zero-order chi connectivity index (χ0) is 11.4. The van der Waals surface area contributed by atoms with Crippen LogP contribution >= 0.6 is 15.9 Å². The van der Waals surface area contributed by atoms with Gasteiger partial charge in [0.15, 0.2) is 0 Å². The van der Waals surface area contributed by atoms with E-state index < -0.39 is 0 Å². The highest BCUT2D eigenvalue weighted by Gasteiger charge is 2.04. The van der Waals surface area contributed by atoms with Gasteiger partial charge in [-0.15, -0.1) is 0 Å². The molecule has 1 heterocycles. The van der Waals surface area contributed by atoms with Gasteiger partial charge in [-0.3, -0.25) is 0 Å². The van der Waals surface area contributed by atoms with Crippen LogP contribution in [0.25, 0.3) is 5.69 Å². The molecule has 0 atom stereocenters. The lowest BCUT2D eigenvalue weighted by atomic mass is 10.3. The molecule has 0 aliphatic rings. The first kappa shape index (κ1) is 11.4. The maximum Gasteiger partial charge on any atom is 0.114 e. The van der Waals surface area contributed by atoms with E-state index in [0.29, 0.717) is 0 Å². The third kappa shape index (κ3) is 2.51. The van der Waals surface area contributed by atoms with Gasteiger partial charge in [-0.1, -0.05) is 22.0 Å². The molecule has 1 aromatic heterocycles. The summed E-state index contributed by atoms with van der Waals surface area (Å²) in [6, 6.07) is 8.22. The molecular formula is C12H14BrN3. The zero-order valence-corrected chi connectivity index (χ0v) is 10.7. The van der Waals surface area contributed by atoms with E-state index in [-0.39, 0.29) is 0 Å². The number of aromatic nitrogens is 2. The largest absolute Gasteiger partial charge is 0.319 e. The summed E-state index contributed by atoms with van der Waals surface area (Å²) in [7, 11) is 1.95. The van der Waals surface area contributed by atoms with E-state index in [1.54, 1.807) is 0 Å². The van der Waals surface area contributed by atoms with Crippen molar-refractivity contribution in [1.29, 1.82) is 0 Å². The molecule has 84 valence electrons. The second kappa shape index (κ2) is 5.27. The highest BCUT2D eigenvalue weighted by Crippen LogP contribution is 2.16. The lowest BCUT2D eigenvalue weighted by molar-refractivity contribution is 0.743. The third-order valence-electron chi connectivity index (χ3n) is 2.40. The lowest BCUT2D eigenvalue weighted by Gasteiger charge is -2.07. The highest BCUT2D eigenvalue weighted by atomic mass is 79.9. The molecule has 0 bridgehead atoms. The number of benzene rings is 1. The van der Waals surface area contributed by atoms with Gasteiger partial charge in [-0.25, -0.2) is 4.98 Å². The van der Waals surface area contributed by atoms with Crippen LogP contribution in [0.4, 0.5) is 0 Å². The van der Waals surface area contributed by atoms with Gasteiger partial charge in [-0.2, -0.15) is 0 Å². The van der Waals surface area contributed by atoms with Crippen molar-refractivity contribution in [2.75, 3.05) is 13.6 Å². The second-order valence-corrected chi connectivity index (χ2v) is 4.46. The van der Waals surface area contributed by atoms with Gasteiger partial charge in [0.25, 0.3) is 0 Å². The first-order chi connectivity index (χ1) is 7.81. The maximum atomic E-state index is 4.37. The number of hydrogen-bond acceptors (Lipinski definition) is 2. The Labute approximate surface area is 104 Å². The van der Waals surface area contributed by atoms with Crippen molar-refractivity contribution >= 4 is 15.9 Å². The van der Waals surface area contributed by atoms with Gasteiger partial charge in [0.1, 0.15) is 5.82 Å². The average molecular weight is 280 g/mol. The van der Waals surface area contributed by atoms with Crippen LogP contribution in [-0.4, -0.2) is 23.1 Å².